The number of hydrogen-bond donors (Lipinski definition) is 1. The molecule has 7 heteroatoms. The molecular weight excluding hydrogens is 346 g/mol. The molecule has 0 aliphatic carbocycles. The number of halogens is 1. The number of rotatable bonds is 3. The highest BCUT2D eigenvalue weighted by Crippen LogP contribution is 2.14. The van der Waals surface area contributed by atoms with E-state index in [2.05, 4.69) is 26.4 Å². The first-order valence-corrected chi connectivity index (χ1v) is 7.47. The maximum atomic E-state index is 12.4. The molecule has 0 saturated heterocycles. The Morgan fingerprint density at radius 2 is 1.86 bits per heavy atom. The highest BCUT2D eigenvalue weighted by molar-refractivity contribution is 9.10. The minimum absolute atomic E-state index is 0.281. The van der Waals surface area contributed by atoms with Crippen molar-refractivity contribution in [1.82, 2.24) is 19.8 Å². The van der Waals surface area contributed by atoms with E-state index in [-0.39, 0.29) is 5.69 Å². The molecule has 0 bridgehead atoms. The second-order valence-electron chi connectivity index (χ2n) is 5.00. The van der Waals surface area contributed by atoms with Gasteiger partial charge in [-0.1, -0.05) is 28.1 Å². The summed E-state index contributed by atoms with van der Waals surface area (Å²) in [7, 11) is 0. The molecule has 0 aliphatic rings. The van der Waals surface area contributed by atoms with Crippen LogP contribution in [0.5, 0.6) is 0 Å². The fraction of sp³-hybridized carbons (Fsp3) is 0.133. The van der Waals surface area contributed by atoms with Crippen LogP contribution in [-0.2, 0) is 6.54 Å². The lowest BCUT2D eigenvalue weighted by molar-refractivity contribution is 0.631. The van der Waals surface area contributed by atoms with Crippen LogP contribution in [0.3, 0.4) is 0 Å². The van der Waals surface area contributed by atoms with E-state index in [0.717, 1.165) is 21.3 Å². The summed E-state index contributed by atoms with van der Waals surface area (Å²) in [5.41, 5.74) is 8.86. The average Bonchev–Trinajstić information content (AvgIpc) is 2.85. The van der Waals surface area contributed by atoms with Crippen LogP contribution >= 0.6 is 15.9 Å². The number of hydrogen-bond acceptors (Lipinski definition) is 4. The van der Waals surface area contributed by atoms with Gasteiger partial charge in [-0.2, -0.15) is 9.36 Å². The van der Waals surface area contributed by atoms with Crippen LogP contribution in [0, 0.1) is 6.92 Å². The smallest absolute Gasteiger partial charge is 0.368 e. The lowest BCUT2D eigenvalue weighted by Crippen LogP contribution is -2.24. The molecule has 1 heterocycles. The molecule has 0 saturated carbocycles. The fourth-order valence-corrected chi connectivity index (χ4v) is 2.39. The Hall–Kier alpha value is -2.41. The molecule has 0 unspecified atom stereocenters. The van der Waals surface area contributed by atoms with Gasteiger partial charge in [0.05, 0.1) is 12.2 Å². The van der Waals surface area contributed by atoms with Gasteiger partial charge in [0, 0.05) is 10.2 Å². The van der Waals surface area contributed by atoms with Crippen molar-refractivity contribution in [2.24, 2.45) is 0 Å². The normalized spacial score (nSPS) is 10.8. The third kappa shape index (κ3) is 2.80. The first kappa shape index (κ1) is 14.5. The number of nitrogens with two attached hydrogens (primary N) is 1. The van der Waals surface area contributed by atoms with E-state index in [9.17, 15) is 4.79 Å². The van der Waals surface area contributed by atoms with Crippen molar-refractivity contribution >= 4 is 21.6 Å². The monoisotopic (exact) mass is 359 g/mol. The molecule has 22 heavy (non-hydrogen) atoms. The minimum atomic E-state index is -0.281. The van der Waals surface area contributed by atoms with Crippen molar-refractivity contribution in [3.8, 4) is 5.69 Å². The number of aromatic nitrogens is 4. The van der Waals surface area contributed by atoms with E-state index >= 15 is 0 Å². The zero-order valence-electron chi connectivity index (χ0n) is 11.9. The van der Waals surface area contributed by atoms with Gasteiger partial charge < -0.3 is 5.73 Å². The lowest BCUT2D eigenvalue weighted by Gasteiger charge is -2.04. The van der Waals surface area contributed by atoms with Gasteiger partial charge in [-0.05, 0) is 58.8 Å². The van der Waals surface area contributed by atoms with Crippen LogP contribution in [0.25, 0.3) is 5.69 Å². The Bertz CT molecular complexity index is 866. The molecular formula is C15H14BrN5O. The average molecular weight is 360 g/mol. The number of aryl methyl sites for hydroxylation is 1. The Morgan fingerprint density at radius 3 is 2.55 bits per heavy atom. The highest BCUT2D eigenvalue weighted by Gasteiger charge is 2.09. The summed E-state index contributed by atoms with van der Waals surface area (Å²) in [6, 6.07) is 13.0. The molecule has 0 radical (unpaired) electrons. The second kappa shape index (κ2) is 5.76. The van der Waals surface area contributed by atoms with E-state index in [1.807, 2.05) is 37.3 Å². The molecule has 0 atom stereocenters. The van der Waals surface area contributed by atoms with Crippen molar-refractivity contribution in [3.05, 3.63) is 68.5 Å². The van der Waals surface area contributed by atoms with Gasteiger partial charge in [0.1, 0.15) is 0 Å². The number of nitrogen functional groups attached to an aromatic ring is 1. The van der Waals surface area contributed by atoms with E-state index in [1.54, 1.807) is 12.1 Å². The summed E-state index contributed by atoms with van der Waals surface area (Å²) in [5.74, 6) is 0. The first-order valence-electron chi connectivity index (χ1n) is 6.68. The number of tetrazole rings is 1. The standard InChI is InChI=1S/C15H14BrN5O/c1-10-8-11(2-7-14(10)17)9-20-15(22)21(19-18-20)13-5-3-12(16)4-6-13/h2-8H,9,17H2,1H3. The molecule has 1 aromatic heterocycles. The SMILES string of the molecule is Cc1cc(Cn2nnn(-c3ccc(Br)cc3)c2=O)ccc1N. The van der Waals surface area contributed by atoms with Crippen LogP contribution < -0.4 is 11.4 Å². The first-order chi connectivity index (χ1) is 10.5. The van der Waals surface area contributed by atoms with Crippen molar-refractivity contribution in [3.63, 3.8) is 0 Å². The van der Waals surface area contributed by atoms with Crippen molar-refractivity contribution in [1.29, 1.82) is 0 Å². The van der Waals surface area contributed by atoms with Crippen molar-refractivity contribution in [2.45, 2.75) is 13.5 Å². The van der Waals surface area contributed by atoms with Gasteiger partial charge in [0.15, 0.2) is 0 Å². The molecule has 2 N–H and O–H groups in total. The maximum absolute atomic E-state index is 12.4. The summed E-state index contributed by atoms with van der Waals surface area (Å²) >= 11 is 3.36. The number of anilines is 1. The van der Waals surface area contributed by atoms with Crippen LogP contribution in [0.1, 0.15) is 11.1 Å². The Balaban J connectivity index is 1.92. The number of benzene rings is 2. The van der Waals surface area contributed by atoms with Crippen molar-refractivity contribution in [2.75, 3.05) is 5.73 Å². The molecule has 2 aromatic carbocycles. The molecule has 3 rings (SSSR count). The zero-order chi connectivity index (χ0) is 15.7. The largest absolute Gasteiger partial charge is 0.399 e. The molecule has 0 spiro atoms. The molecule has 112 valence electrons. The van der Waals surface area contributed by atoms with Gasteiger partial charge in [0.2, 0.25) is 0 Å². The predicted octanol–water partition coefficient (Wildman–Crippen LogP) is 2.13. The Labute approximate surface area is 135 Å². The summed E-state index contributed by atoms with van der Waals surface area (Å²) < 4.78 is 3.54. The lowest BCUT2D eigenvalue weighted by atomic mass is 10.1. The summed E-state index contributed by atoms with van der Waals surface area (Å²) in [6.45, 7) is 2.29. The Morgan fingerprint density at radius 1 is 1.14 bits per heavy atom. The molecule has 0 aliphatic heterocycles. The minimum Gasteiger partial charge on any atom is -0.399 e. The van der Waals surface area contributed by atoms with Gasteiger partial charge >= 0.3 is 5.69 Å². The molecule has 6 nitrogen and oxygen atoms in total. The summed E-state index contributed by atoms with van der Waals surface area (Å²) in [4.78, 5) is 12.4. The van der Waals surface area contributed by atoms with Crippen LogP contribution in [0.2, 0.25) is 0 Å². The molecule has 0 fully saturated rings. The van der Waals surface area contributed by atoms with E-state index < -0.39 is 0 Å². The van der Waals surface area contributed by atoms with E-state index in [4.69, 9.17) is 5.73 Å². The topological polar surface area (TPSA) is 78.7 Å². The fourth-order valence-electron chi connectivity index (χ4n) is 2.13. The van der Waals surface area contributed by atoms with E-state index in [1.165, 1.54) is 9.36 Å². The Kier molecular flexibility index (Phi) is 3.81. The zero-order valence-corrected chi connectivity index (χ0v) is 13.5. The third-order valence-corrected chi connectivity index (χ3v) is 3.91. The van der Waals surface area contributed by atoms with Crippen LogP contribution in [0.4, 0.5) is 5.69 Å². The number of nitrogens with zero attached hydrogens (tertiary/aromatic N) is 4. The predicted molar refractivity (Wildman–Crippen MR) is 88.0 cm³/mol. The van der Waals surface area contributed by atoms with Crippen LogP contribution in [-0.4, -0.2) is 19.8 Å². The quantitative estimate of drug-likeness (QED) is 0.726. The van der Waals surface area contributed by atoms with Gasteiger partial charge in [-0.25, -0.2) is 4.79 Å². The highest BCUT2D eigenvalue weighted by atomic mass is 79.9. The van der Waals surface area contributed by atoms with Crippen molar-refractivity contribution < 1.29 is 0 Å². The second-order valence-corrected chi connectivity index (χ2v) is 5.91. The van der Waals surface area contributed by atoms with E-state index in [0.29, 0.717) is 12.2 Å². The van der Waals surface area contributed by atoms with Gasteiger partial charge in [0.25, 0.3) is 0 Å². The molecule has 0 amide bonds. The van der Waals surface area contributed by atoms with Gasteiger partial charge in [-0.3, -0.25) is 0 Å². The third-order valence-electron chi connectivity index (χ3n) is 3.38. The maximum Gasteiger partial charge on any atom is 0.368 e. The van der Waals surface area contributed by atoms with Crippen LogP contribution in [0.15, 0.2) is 51.7 Å². The van der Waals surface area contributed by atoms with Gasteiger partial charge in [-0.15, -0.1) is 0 Å². The summed E-state index contributed by atoms with van der Waals surface area (Å²) in [6.07, 6.45) is 0. The summed E-state index contributed by atoms with van der Waals surface area (Å²) in [5, 5.41) is 7.86. The molecule has 3 aromatic rings.